The van der Waals surface area contributed by atoms with Gasteiger partial charge in [0.15, 0.2) is 0 Å². The molecule has 0 amide bonds. The summed E-state index contributed by atoms with van der Waals surface area (Å²) in [6.07, 6.45) is -1.84. The number of hydrogen-bond donors (Lipinski definition) is 0. The molecule has 0 fully saturated rings. The Hall–Kier alpha value is -2.88. The van der Waals surface area contributed by atoms with Crippen LogP contribution in [0.2, 0.25) is 0 Å². The highest BCUT2D eigenvalue weighted by Gasteiger charge is 2.12. The van der Waals surface area contributed by atoms with Crippen LogP contribution in [0.4, 0.5) is 17.6 Å². The Morgan fingerprint density at radius 3 is 1.25 bits per heavy atom. The molecule has 0 saturated heterocycles. The average Bonchev–Trinajstić information content (AvgIpc) is 2.58. The molecule has 0 N–H and O–H groups in total. The molecule has 0 spiro atoms. The van der Waals surface area contributed by atoms with Gasteiger partial charge in [-0.15, -0.1) is 0 Å². The van der Waals surface area contributed by atoms with E-state index in [9.17, 15) is 17.6 Å². The Balaban J connectivity index is 1.97. The van der Waals surface area contributed by atoms with Crippen molar-refractivity contribution in [2.75, 3.05) is 0 Å². The van der Waals surface area contributed by atoms with Gasteiger partial charge in [0, 0.05) is 0 Å². The fourth-order valence-corrected chi connectivity index (χ4v) is 2.47. The Morgan fingerprint density at radius 2 is 0.833 bits per heavy atom. The third kappa shape index (κ3) is 3.38. The van der Waals surface area contributed by atoms with Crippen molar-refractivity contribution < 1.29 is 17.6 Å². The van der Waals surface area contributed by atoms with Gasteiger partial charge in [-0.1, -0.05) is 48.5 Å². The molecule has 3 aromatic carbocycles. The molecule has 4 heteroatoms. The van der Waals surface area contributed by atoms with Crippen LogP contribution in [-0.2, 0) is 0 Å². The second-order valence-corrected chi connectivity index (χ2v) is 5.23. The van der Waals surface area contributed by atoms with Gasteiger partial charge < -0.3 is 0 Å². The van der Waals surface area contributed by atoms with E-state index in [2.05, 4.69) is 0 Å². The molecule has 0 aromatic heterocycles. The number of hydrogen-bond acceptors (Lipinski definition) is 0. The molecule has 0 unspecified atom stereocenters. The first-order chi connectivity index (χ1) is 11.5. The Bertz CT molecular complexity index is 857. The van der Waals surface area contributed by atoms with E-state index in [1.165, 1.54) is 24.3 Å². The van der Waals surface area contributed by atoms with Crippen LogP contribution in [0.5, 0.6) is 0 Å². The summed E-state index contributed by atoms with van der Waals surface area (Å²) in [6.45, 7) is 0. The van der Waals surface area contributed by atoms with E-state index >= 15 is 0 Å². The van der Waals surface area contributed by atoms with Crippen LogP contribution in [-0.4, -0.2) is 0 Å². The molecule has 3 aromatic rings. The molecule has 0 aliphatic rings. The maximum absolute atomic E-state index is 13.4. The summed E-state index contributed by atoms with van der Waals surface area (Å²) in [5.74, 6) is -0.819. The van der Waals surface area contributed by atoms with Crippen molar-refractivity contribution in [2.45, 2.75) is 0 Å². The van der Waals surface area contributed by atoms with Crippen LogP contribution < -0.4 is 0 Å². The standard InChI is InChI=1S/C20H12F4/c21-17-9-5-14(6-10-17)13-1-3-15(4-2-13)19(20(23)24)16-7-11-18(22)12-8-16/h1-12H. The molecule has 0 radical (unpaired) electrons. The zero-order valence-electron chi connectivity index (χ0n) is 12.4. The van der Waals surface area contributed by atoms with Crippen LogP contribution >= 0.6 is 0 Å². The predicted octanol–water partition coefficient (Wildman–Crippen LogP) is 6.29. The highest BCUT2D eigenvalue weighted by molar-refractivity contribution is 5.81. The fraction of sp³-hybridized carbons (Fsp3) is 0. The van der Waals surface area contributed by atoms with Gasteiger partial charge in [0.1, 0.15) is 11.6 Å². The molecule has 0 bridgehead atoms. The molecule has 3 rings (SSSR count). The third-order valence-electron chi connectivity index (χ3n) is 3.67. The Labute approximate surface area is 136 Å². The van der Waals surface area contributed by atoms with Crippen LogP contribution in [0.15, 0.2) is 78.9 Å². The van der Waals surface area contributed by atoms with Gasteiger partial charge in [-0.05, 0) is 46.5 Å². The zero-order chi connectivity index (χ0) is 17.1. The Morgan fingerprint density at radius 1 is 0.500 bits per heavy atom. The SMILES string of the molecule is FC(F)=C(c1ccc(F)cc1)c1ccc(-c2ccc(F)cc2)cc1. The normalized spacial score (nSPS) is 10.5. The Kier molecular flexibility index (Phi) is 4.47. The molecule has 0 aliphatic heterocycles. The molecule has 0 aliphatic carbocycles. The summed E-state index contributed by atoms with van der Waals surface area (Å²) < 4.78 is 52.7. The van der Waals surface area contributed by atoms with Gasteiger partial charge in [-0.2, -0.15) is 8.78 Å². The minimum Gasteiger partial charge on any atom is -0.207 e. The van der Waals surface area contributed by atoms with E-state index in [1.807, 2.05) is 0 Å². The summed E-state index contributed by atoms with van der Waals surface area (Å²) in [5, 5.41) is 0. The first-order valence-corrected chi connectivity index (χ1v) is 7.22. The number of rotatable bonds is 3. The van der Waals surface area contributed by atoms with Crippen molar-refractivity contribution in [3.63, 3.8) is 0 Å². The lowest BCUT2D eigenvalue weighted by Crippen LogP contribution is -1.91. The molecule has 0 saturated carbocycles. The lowest BCUT2D eigenvalue weighted by Gasteiger charge is -2.09. The average molecular weight is 328 g/mol. The predicted molar refractivity (Wildman–Crippen MR) is 86.5 cm³/mol. The summed E-state index contributed by atoms with van der Waals surface area (Å²) in [4.78, 5) is 0. The summed E-state index contributed by atoms with van der Waals surface area (Å²) in [7, 11) is 0. The van der Waals surface area contributed by atoms with Crippen molar-refractivity contribution in [1.29, 1.82) is 0 Å². The van der Waals surface area contributed by atoms with Crippen molar-refractivity contribution in [2.24, 2.45) is 0 Å². The van der Waals surface area contributed by atoms with Gasteiger partial charge in [-0.25, -0.2) is 8.78 Å². The van der Waals surface area contributed by atoms with Crippen LogP contribution in [0, 0.1) is 11.6 Å². The zero-order valence-corrected chi connectivity index (χ0v) is 12.4. The molecular formula is C20H12F4. The van der Waals surface area contributed by atoms with Crippen molar-refractivity contribution in [1.82, 2.24) is 0 Å². The van der Waals surface area contributed by atoms with E-state index in [4.69, 9.17) is 0 Å². The first kappa shape index (κ1) is 16.0. The minimum atomic E-state index is -1.84. The van der Waals surface area contributed by atoms with Crippen LogP contribution in [0.25, 0.3) is 16.7 Å². The second-order valence-electron chi connectivity index (χ2n) is 5.23. The van der Waals surface area contributed by atoms with E-state index in [0.717, 1.165) is 23.3 Å². The van der Waals surface area contributed by atoms with Gasteiger partial charge in [0.25, 0.3) is 6.08 Å². The molecule has 0 nitrogen and oxygen atoms in total. The molecular weight excluding hydrogens is 316 g/mol. The number of halogens is 4. The quantitative estimate of drug-likeness (QED) is 0.496. The first-order valence-electron chi connectivity index (χ1n) is 7.22. The monoisotopic (exact) mass is 328 g/mol. The van der Waals surface area contributed by atoms with Gasteiger partial charge in [-0.3, -0.25) is 0 Å². The molecule has 0 heterocycles. The topological polar surface area (TPSA) is 0 Å². The van der Waals surface area contributed by atoms with Gasteiger partial charge >= 0.3 is 0 Å². The molecule has 24 heavy (non-hydrogen) atoms. The van der Waals surface area contributed by atoms with Crippen molar-refractivity contribution in [3.8, 4) is 11.1 Å². The molecule has 0 atom stereocenters. The van der Waals surface area contributed by atoms with E-state index in [1.54, 1.807) is 36.4 Å². The van der Waals surface area contributed by atoms with E-state index in [0.29, 0.717) is 5.56 Å². The van der Waals surface area contributed by atoms with Gasteiger partial charge in [0.05, 0.1) is 5.57 Å². The maximum Gasteiger partial charge on any atom is 0.278 e. The molecule has 120 valence electrons. The minimum absolute atomic E-state index is 0.236. The van der Waals surface area contributed by atoms with Crippen molar-refractivity contribution in [3.05, 3.63) is 102 Å². The second kappa shape index (κ2) is 6.71. The van der Waals surface area contributed by atoms with Gasteiger partial charge in [0.2, 0.25) is 0 Å². The van der Waals surface area contributed by atoms with Crippen molar-refractivity contribution >= 4 is 5.57 Å². The number of benzene rings is 3. The highest BCUT2D eigenvalue weighted by atomic mass is 19.3. The lowest BCUT2D eigenvalue weighted by molar-refractivity contribution is 0.426. The van der Waals surface area contributed by atoms with Crippen LogP contribution in [0.3, 0.4) is 0 Å². The van der Waals surface area contributed by atoms with E-state index < -0.39 is 11.9 Å². The third-order valence-corrected chi connectivity index (χ3v) is 3.67. The highest BCUT2D eigenvalue weighted by Crippen LogP contribution is 2.30. The smallest absolute Gasteiger partial charge is 0.207 e. The maximum atomic E-state index is 13.4. The van der Waals surface area contributed by atoms with Crippen LogP contribution in [0.1, 0.15) is 11.1 Å². The lowest BCUT2D eigenvalue weighted by atomic mass is 9.96. The summed E-state index contributed by atoms with van der Waals surface area (Å²) >= 11 is 0. The summed E-state index contributed by atoms with van der Waals surface area (Å²) in [6, 6.07) is 17.4. The largest absolute Gasteiger partial charge is 0.278 e. The summed E-state index contributed by atoms with van der Waals surface area (Å²) in [5.41, 5.74) is 1.91. The fourth-order valence-electron chi connectivity index (χ4n) is 2.47. The van der Waals surface area contributed by atoms with E-state index in [-0.39, 0.29) is 17.0 Å².